The Balaban J connectivity index is 1.35. The second kappa shape index (κ2) is 8.63. The van der Waals surface area contributed by atoms with Crippen molar-refractivity contribution in [2.24, 2.45) is 0 Å². The molecule has 0 aliphatic carbocycles. The number of amides is 2. The average Bonchev–Trinajstić information content (AvgIpc) is 3.23. The van der Waals surface area contributed by atoms with Gasteiger partial charge in [-0.3, -0.25) is 9.59 Å². The molecule has 0 radical (unpaired) electrons. The van der Waals surface area contributed by atoms with Crippen LogP contribution in [0.1, 0.15) is 16.1 Å². The van der Waals surface area contributed by atoms with E-state index >= 15 is 0 Å². The summed E-state index contributed by atoms with van der Waals surface area (Å²) >= 11 is 7.34. The van der Waals surface area contributed by atoms with Crippen molar-refractivity contribution in [2.45, 2.75) is 6.54 Å². The molecule has 6 nitrogen and oxygen atoms in total. The molecule has 0 spiro atoms. The molecule has 1 aliphatic heterocycles. The van der Waals surface area contributed by atoms with E-state index in [1.54, 1.807) is 17.5 Å². The zero-order chi connectivity index (χ0) is 20.2. The van der Waals surface area contributed by atoms with Gasteiger partial charge >= 0.3 is 0 Å². The summed E-state index contributed by atoms with van der Waals surface area (Å²) < 4.78 is 0. The fourth-order valence-electron chi connectivity index (χ4n) is 3.06. The fourth-order valence-corrected chi connectivity index (χ4v) is 3.99. The normalized spacial score (nSPS) is 13.8. The summed E-state index contributed by atoms with van der Waals surface area (Å²) in [6, 6.07) is 15.2. The molecule has 148 valence electrons. The number of benzene rings is 2. The van der Waals surface area contributed by atoms with Crippen LogP contribution in [-0.2, 0) is 11.3 Å². The van der Waals surface area contributed by atoms with Gasteiger partial charge in [0.05, 0.1) is 6.54 Å². The lowest BCUT2D eigenvalue weighted by Crippen LogP contribution is -2.47. The summed E-state index contributed by atoms with van der Waals surface area (Å²) in [5, 5.41) is 8.92. The first-order chi connectivity index (χ1) is 14.1. The van der Waals surface area contributed by atoms with E-state index in [0.29, 0.717) is 30.4 Å². The highest BCUT2D eigenvalue weighted by Crippen LogP contribution is 2.25. The van der Waals surface area contributed by atoms with Crippen molar-refractivity contribution < 1.29 is 9.59 Å². The number of hydrogen-bond acceptors (Lipinski definition) is 5. The Morgan fingerprint density at radius 2 is 1.93 bits per heavy atom. The van der Waals surface area contributed by atoms with E-state index in [2.05, 4.69) is 15.6 Å². The third-order valence-corrected chi connectivity index (χ3v) is 5.76. The van der Waals surface area contributed by atoms with Crippen LogP contribution in [0.5, 0.6) is 0 Å². The van der Waals surface area contributed by atoms with Gasteiger partial charge in [0, 0.05) is 41.3 Å². The molecule has 1 aliphatic rings. The summed E-state index contributed by atoms with van der Waals surface area (Å²) in [4.78, 5) is 30.4. The van der Waals surface area contributed by atoms with Crippen LogP contribution in [0.2, 0.25) is 5.02 Å². The minimum atomic E-state index is -0.210. The largest absolute Gasteiger partial charge is 0.360 e. The third-order valence-electron chi connectivity index (χ3n) is 4.62. The van der Waals surface area contributed by atoms with Crippen molar-refractivity contribution in [1.82, 2.24) is 15.6 Å². The molecule has 1 fully saturated rings. The molecule has 0 atom stereocenters. The first-order valence-electron chi connectivity index (χ1n) is 9.19. The highest BCUT2D eigenvalue weighted by atomic mass is 35.5. The van der Waals surface area contributed by atoms with E-state index < -0.39 is 0 Å². The van der Waals surface area contributed by atoms with Gasteiger partial charge in [0.25, 0.3) is 5.91 Å². The molecule has 8 heteroatoms. The zero-order valence-electron chi connectivity index (χ0n) is 15.5. The molecule has 1 saturated heterocycles. The summed E-state index contributed by atoms with van der Waals surface area (Å²) in [5.74, 6) is -0.174. The van der Waals surface area contributed by atoms with E-state index in [0.717, 1.165) is 28.4 Å². The number of nitrogens with one attached hydrogen (secondary N) is 2. The van der Waals surface area contributed by atoms with Crippen molar-refractivity contribution in [3.05, 3.63) is 70.2 Å². The Morgan fingerprint density at radius 3 is 2.66 bits per heavy atom. The molecule has 0 saturated carbocycles. The molecular formula is C21H19ClN4O2S. The number of anilines is 1. The number of carbonyl (C=O) groups excluding carboxylic acids is 2. The van der Waals surface area contributed by atoms with Crippen molar-refractivity contribution in [1.29, 1.82) is 0 Å². The van der Waals surface area contributed by atoms with Crippen LogP contribution in [0.25, 0.3) is 10.6 Å². The maximum absolute atomic E-state index is 12.4. The SMILES string of the molecule is O=C1CN(c2ccc(CNC(=O)c3csc(-c4ccc(Cl)cc4)n3)cc2)CCN1. The Bertz CT molecular complexity index is 1020. The van der Waals surface area contributed by atoms with Gasteiger partial charge in [-0.15, -0.1) is 11.3 Å². The Morgan fingerprint density at radius 1 is 1.17 bits per heavy atom. The van der Waals surface area contributed by atoms with Gasteiger partial charge in [-0.05, 0) is 29.8 Å². The van der Waals surface area contributed by atoms with Gasteiger partial charge in [0.1, 0.15) is 10.7 Å². The second-order valence-electron chi connectivity index (χ2n) is 6.67. The lowest BCUT2D eigenvalue weighted by Gasteiger charge is -2.28. The number of carbonyl (C=O) groups is 2. The third kappa shape index (κ3) is 4.75. The highest BCUT2D eigenvalue weighted by Gasteiger charge is 2.16. The van der Waals surface area contributed by atoms with Gasteiger partial charge < -0.3 is 15.5 Å². The van der Waals surface area contributed by atoms with Gasteiger partial charge in [-0.1, -0.05) is 35.9 Å². The lowest BCUT2D eigenvalue weighted by atomic mass is 10.2. The molecule has 3 aromatic rings. The van der Waals surface area contributed by atoms with Crippen LogP contribution < -0.4 is 15.5 Å². The van der Waals surface area contributed by atoms with Gasteiger partial charge in [0.2, 0.25) is 5.91 Å². The van der Waals surface area contributed by atoms with Crippen LogP contribution in [-0.4, -0.2) is 36.4 Å². The van der Waals surface area contributed by atoms with E-state index in [9.17, 15) is 9.59 Å². The molecule has 2 amide bonds. The molecule has 2 aromatic carbocycles. The first kappa shape index (κ1) is 19.4. The van der Waals surface area contributed by atoms with Crippen LogP contribution in [0.4, 0.5) is 5.69 Å². The molecule has 0 unspecified atom stereocenters. The van der Waals surface area contributed by atoms with Gasteiger partial charge in [-0.25, -0.2) is 4.98 Å². The molecule has 4 rings (SSSR count). The fraction of sp³-hybridized carbons (Fsp3) is 0.190. The predicted octanol–water partition coefficient (Wildman–Crippen LogP) is 3.33. The quantitative estimate of drug-likeness (QED) is 0.656. The zero-order valence-corrected chi connectivity index (χ0v) is 17.1. The number of piperazine rings is 1. The molecular weight excluding hydrogens is 408 g/mol. The smallest absolute Gasteiger partial charge is 0.271 e. The van der Waals surface area contributed by atoms with Crippen molar-refractivity contribution >= 4 is 40.4 Å². The lowest BCUT2D eigenvalue weighted by molar-refractivity contribution is -0.120. The van der Waals surface area contributed by atoms with Crippen molar-refractivity contribution in [2.75, 3.05) is 24.5 Å². The Hall–Kier alpha value is -2.90. The molecule has 2 heterocycles. The first-order valence-corrected chi connectivity index (χ1v) is 10.4. The number of thiazole rings is 1. The summed E-state index contributed by atoms with van der Waals surface area (Å²) in [6.45, 7) is 2.23. The van der Waals surface area contributed by atoms with E-state index in [1.807, 2.05) is 41.3 Å². The molecule has 2 N–H and O–H groups in total. The number of aromatic nitrogens is 1. The van der Waals surface area contributed by atoms with Gasteiger partial charge in [-0.2, -0.15) is 0 Å². The summed E-state index contributed by atoms with van der Waals surface area (Å²) in [7, 11) is 0. The Labute approximate surface area is 177 Å². The Kier molecular flexibility index (Phi) is 5.78. The number of hydrogen-bond donors (Lipinski definition) is 2. The molecule has 29 heavy (non-hydrogen) atoms. The second-order valence-corrected chi connectivity index (χ2v) is 7.96. The van der Waals surface area contributed by atoms with Crippen LogP contribution >= 0.6 is 22.9 Å². The monoisotopic (exact) mass is 426 g/mol. The van der Waals surface area contributed by atoms with Crippen LogP contribution in [0.3, 0.4) is 0 Å². The number of rotatable bonds is 5. The molecule has 1 aromatic heterocycles. The summed E-state index contributed by atoms with van der Waals surface area (Å²) in [5.41, 5.74) is 3.31. The van der Waals surface area contributed by atoms with E-state index in [-0.39, 0.29) is 11.8 Å². The minimum Gasteiger partial charge on any atom is -0.360 e. The predicted molar refractivity (Wildman–Crippen MR) is 115 cm³/mol. The van der Waals surface area contributed by atoms with Crippen molar-refractivity contribution in [3.63, 3.8) is 0 Å². The highest BCUT2D eigenvalue weighted by molar-refractivity contribution is 7.13. The van der Waals surface area contributed by atoms with E-state index in [1.165, 1.54) is 11.3 Å². The maximum atomic E-state index is 12.4. The standard InChI is InChI=1S/C21H19ClN4O2S/c22-16-5-3-15(4-6-16)21-25-18(13-29-21)20(28)24-11-14-1-7-17(8-2-14)26-10-9-23-19(27)12-26/h1-8,13H,9-12H2,(H,23,27)(H,24,28). The minimum absolute atomic E-state index is 0.0359. The topological polar surface area (TPSA) is 74.3 Å². The van der Waals surface area contributed by atoms with Crippen LogP contribution in [0, 0.1) is 0 Å². The van der Waals surface area contributed by atoms with Crippen LogP contribution in [0.15, 0.2) is 53.9 Å². The van der Waals surface area contributed by atoms with Crippen molar-refractivity contribution in [3.8, 4) is 10.6 Å². The number of halogens is 1. The number of nitrogens with zero attached hydrogens (tertiary/aromatic N) is 2. The molecule has 0 bridgehead atoms. The summed E-state index contributed by atoms with van der Waals surface area (Å²) in [6.07, 6.45) is 0. The van der Waals surface area contributed by atoms with Gasteiger partial charge in [0.15, 0.2) is 0 Å². The van der Waals surface area contributed by atoms with E-state index in [4.69, 9.17) is 11.6 Å². The maximum Gasteiger partial charge on any atom is 0.271 e. The average molecular weight is 427 g/mol.